The van der Waals surface area contributed by atoms with Crippen molar-refractivity contribution in [3.63, 3.8) is 0 Å². The molecule has 51 heavy (non-hydrogen) atoms. The first kappa shape index (κ1) is 34.8. The van der Waals surface area contributed by atoms with Crippen LogP contribution in [-0.2, 0) is 49.5 Å². The average Bonchev–Trinajstić information content (AvgIpc) is 3.67. The summed E-state index contributed by atoms with van der Waals surface area (Å²) in [5.74, 6) is 0.619. The van der Waals surface area contributed by atoms with Gasteiger partial charge in [-0.05, 0) is 0 Å². The predicted molar refractivity (Wildman–Crippen MR) is 222 cm³/mol. The summed E-state index contributed by atoms with van der Waals surface area (Å²) in [5, 5.41) is 0. The summed E-state index contributed by atoms with van der Waals surface area (Å²) < 4.78 is 8.68. The van der Waals surface area contributed by atoms with E-state index >= 15 is 0 Å². The van der Waals surface area contributed by atoms with Gasteiger partial charge < -0.3 is 0 Å². The maximum atomic E-state index is 4.20. The van der Waals surface area contributed by atoms with Gasteiger partial charge in [0, 0.05) is 0 Å². The third-order valence-electron chi connectivity index (χ3n) is 13.0. The van der Waals surface area contributed by atoms with E-state index in [-0.39, 0.29) is 5.54 Å². The van der Waals surface area contributed by atoms with Crippen molar-refractivity contribution in [2.75, 3.05) is 12.2 Å². The van der Waals surface area contributed by atoms with Crippen molar-refractivity contribution >= 4 is 64.2 Å². The normalized spacial score (nSPS) is 25.1. The van der Waals surface area contributed by atoms with Crippen LogP contribution in [-0.4, -0.2) is 20.9 Å². The van der Waals surface area contributed by atoms with Gasteiger partial charge in [0.1, 0.15) is 0 Å². The molecule has 2 nitrogen and oxygen atoms in total. The first-order chi connectivity index (χ1) is 24.8. The van der Waals surface area contributed by atoms with E-state index in [9.17, 15) is 0 Å². The topological polar surface area (TPSA) is 6.48 Å². The second kappa shape index (κ2) is 13.7. The Morgan fingerprint density at radius 3 is 1.57 bits per heavy atom. The average molecular weight is 896 g/mol. The molecule has 3 atom stereocenters. The predicted octanol–water partition coefficient (Wildman–Crippen LogP) is 12.2. The van der Waals surface area contributed by atoms with Crippen LogP contribution in [0.1, 0.15) is 95.9 Å². The number of benzene rings is 4. The molecule has 0 saturated carbocycles. The van der Waals surface area contributed by atoms with E-state index < -0.39 is 32.6 Å². The number of para-hydroxylation sites is 2. The van der Waals surface area contributed by atoms with Gasteiger partial charge in [0.15, 0.2) is 0 Å². The van der Waals surface area contributed by atoms with Crippen molar-refractivity contribution in [1.82, 2.24) is 0 Å². The summed E-state index contributed by atoms with van der Waals surface area (Å²) in [4.78, 5) is 0. The van der Waals surface area contributed by atoms with Gasteiger partial charge >= 0.3 is 339 Å². The van der Waals surface area contributed by atoms with E-state index in [0.717, 1.165) is 6.54 Å². The van der Waals surface area contributed by atoms with Gasteiger partial charge in [-0.3, -0.25) is 0 Å². The quantitative estimate of drug-likeness (QED) is 0.184. The minimum absolute atomic E-state index is 0.123. The zero-order chi connectivity index (χ0) is 35.0. The van der Waals surface area contributed by atoms with Crippen LogP contribution in [0.2, 0.25) is 18.6 Å². The Kier molecular flexibility index (Phi) is 9.34. The molecule has 260 valence electrons. The van der Waals surface area contributed by atoms with Gasteiger partial charge in [-0.1, -0.05) is 0 Å². The fourth-order valence-corrected chi connectivity index (χ4v) is 19.6. The van der Waals surface area contributed by atoms with Crippen molar-refractivity contribution in [3.05, 3.63) is 137 Å². The molecule has 0 amide bonds. The van der Waals surface area contributed by atoms with E-state index in [1.165, 1.54) is 71.7 Å². The molecule has 0 N–H and O–H groups in total. The van der Waals surface area contributed by atoms with Crippen molar-refractivity contribution in [2.45, 2.75) is 101 Å². The Morgan fingerprint density at radius 1 is 0.647 bits per heavy atom. The molecule has 5 aliphatic rings. The van der Waals surface area contributed by atoms with Gasteiger partial charge in [-0.2, -0.15) is 0 Å². The third-order valence-corrected chi connectivity index (χ3v) is 20.5. The molecule has 1 aliphatic heterocycles. The van der Waals surface area contributed by atoms with Crippen LogP contribution >= 0.6 is 31.9 Å². The molecule has 9 rings (SSSR count). The van der Waals surface area contributed by atoms with E-state index in [2.05, 4.69) is 149 Å². The maximum absolute atomic E-state index is 4.20. The standard InChI is InChI=1S/C45H48Br2N2Si.Zr/c1-28-23-36-32-19-11-13-21-34(32)40(46)25-38(36)43(28)45(49-31-17-9-6-10-18-31,42(50(3)4)27-48-30-15-7-5-8-16-30)44-29(2)24-37-33-20-12-14-22-35(33)41(47)26-39(37)44;/h5-10,15-18,23-26,42-44,50H,11-14,19-22,27H2,1-4H3;/q-2;+2. The molecule has 1 fully saturated rings. The monoisotopic (exact) mass is 892 g/mol. The summed E-state index contributed by atoms with van der Waals surface area (Å²) in [5.41, 5.74) is 19.1. The molecule has 1 saturated heterocycles. The first-order valence-electron chi connectivity index (χ1n) is 19.3. The zero-order valence-corrected chi connectivity index (χ0v) is 37.2. The number of nitrogens with zero attached hydrogens (tertiary/aromatic N) is 2. The second-order valence-electron chi connectivity index (χ2n) is 16.1. The van der Waals surface area contributed by atoms with Crippen LogP contribution < -0.4 is 5.69 Å². The van der Waals surface area contributed by atoms with Gasteiger partial charge in [0.25, 0.3) is 0 Å². The molecule has 4 aromatic carbocycles. The van der Waals surface area contributed by atoms with Gasteiger partial charge in [-0.25, -0.2) is 0 Å². The van der Waals surface area contributed by atoms with Gasteiger partial charge in [0.05, 0.1) is 0 Å². The van der Waals surface area contributed by atoms with Crippen LogP contribution in [0, 0.1) is 0 Å². The summed E-state index contributed by atoms with van der Waals surface area (Å²) in [6, 6.07) is 28.3. The molecule has 0 bridgehead atoms. The molecule has 1 heterocycles. The van der Waals surface area contributed by atoms with Crippen LogP contribution in [0.25, 0.3) is 12.2 Å². The van der Waals surface area contributed by atoms with Crippen LogP contribution in [0.3, 0.4) is 0 Å². The van der Waals surface area contributed by atoms with E-state index in [0.29, 0.717) is 17.4 Å². The number of anilines is 2. The first-order valence-corrected chi connectivity index (χ1v) is 26.0. The van der Waals surface area contributed by atoms with Crippen LogP contribution in [0.15, 0.2) is 92.9 Å². The molecule has 3 unspecified atom stereocenters. The fourth-order valence-electron chi connectivity index (χ4n) is 11.0. The van der Waals surface area contributed by atoms with E-state index in [1.54, 1.807) is 55.7 Å². The summed E-state index contributed by atoms with van der Waals surface area (Å²) in [6.07, 6.45) is 15.3. The fraction of sp³-hybridized carbons (Fsp3) is 0.378. The Hall–Kier alpha value is -1.98. The van der Waals surface area contributed by atoms with Crippen LogP contribution in [0.4, 0.5) is 11.4 Å². The van der Waals surface area contributed by atoms with Gasteiger partial charge in [0.2, 0.25) is 0 Å². The molecule has 0 aromatic heterocycles. The Labute approximate surface area is 336 Å². The zero-order valence-electron chi connectivity index (χ0n) is 30.4. The molecular weight excluding hydrogens is 848 g/mol. The number of hydrogen-bond donors (Lipinski definition) is 0. The minimum atomic E-state index is -1.39. The molecule has 4 aliphatic carbocycles. The Balaban J connectivity index is 1.37. The summed E-state index contributed by atoms with van der Waals surface area (Å²) in [7, 11) is -1.30. The van der Waals surface area contributed by atoms with E-state index in [4.69, 9.17) is 0 Å². The number of hydrogen-bond acceptors (Lipinski definition) is 2. The number of rotatable bonds is 5. The van der Waals surface area contributed by atoms with Crippen LogP contribution in [0.5, 0.6) is 0 Å². The van der Waals surface area contributed by atoms with Crippen molar-refractivity contribution in [2.24, 2.45) is 0 Å². The Bertz CT molecular complexity index is 1980. The van der Waals surface area contributed by atoms with Gasteiger partial charge in [-0.15, -0.1) is 0 Å². The molecule has 6 heteroatoms. The SMILES string of the molecule is CC1=Cc2c(cc(Br)c3c2CCCC3)C1C1(C2C(C)=Cc3c2cc(Br)c2c3CCCC2)C([SiH](C)C)C[N](c2ccccc2)[Zr][N]1c1ccccc1. The summed E-state index contributed by atoms with van der Waals surface area (Å²) >= 11 is 7.00. The molecular formula is C45H48Br2N2SiZr. The third kappa shape index (κ3) is 5.50. The van der Waals surface area contributed by atoms with Crippen molar-refractivity contribution in [1.29, 1.82) is 0 Å². The molecule has 0 radical (unpaired) electrons. The Morgan fingerprint density at radius 2 is 1.10 bits per heavy atom. The van der Waals surface area contributed by atoms with Crippen molar-refractivity contribution in [3.8, 4) is 0 Å². The summed E-state index contributed by atoms with van der Waals surface area (Å²) in [6.45, 7) is 11.5. The van der Waals surface area contributed by atoms with Crippen molar-refractivity contribution < 1.29 is 23.8 Å². The molecule has 4 aromatic rings. The number of fused-ring (bicyclic) bond motifs is 6. The molecule has 0 spiro atoms. The second-order valence-corrected chi connectivity index (χ2v) is 24.1. The number of halogens is 2. The van der Waals surface area contributed by atoms with E-state index in [1.807, 2.05) is 0 Å².